The van der Waals surface area contributed by atoms with Crippen molar-refractivity contribution in [1.82, 2.24) is 0 Å². The smallest absolute Gasteiger partial charge is 0.550 e. The molecule has 0 aromatic rings. The second kappa shape index (κ2) is 41.6. The Morgan fingerprint density at radius 3 is 1.02 bits per heavy atom. The molecule has 0 saturated carbocycles. The van der Waals surface area contributed by atoms with E-state index in [0.29, 0.717) is 6.42 Å². The molecule has 0 unspecified atom stereocenters. The molecule has 0 amide bonds. The Kier molecular flexibility index (Phi) is 45.5. The summed E-state index contributed by atoms with van der Waals surface area (Å²) in [5, 5.41) is 18.7. The normalized spacial score (nSPS) is 11.0. The van der Waals surface area contributed by atoms with Crippen molar-refractivity contribution in [3.63, 3.8) is 0 Å². The van der Waals surface area contributed by atoms with Gasteiger partial charge in [0.05, 0.1) is 0 Å². The zero-order chi connectivity index (χ0) is 29.8. The molecule has 0 aromatic heterocycles. The Bertz CT molecular complexity index is 524. The number of carboxylic acid groups (broad SMARTS) is 2. The Balaban J connectivity index is -0.000000688. The number of hydrogen-bond donors (Lipinski definition) is 1. The fourth-order valence-corrected chi connectivity index (χ4v) is 4.69. The number of aliphatic carboxylic acids is 2. The van der Waals surface area contributed by atoms with E-state index >= 15 is 0 Å². The fraction of sp³-hybridized carbons (Fsp3) is 0.833. The van der Waals surface area contributed by atoms with Crippen molar-refractivity contribution in [2.45, 2.75) is 194 Å². The van der Waals surface area contributed by atoms with E-state index in [9.17, 15) is 14.7 Å². The van der Waals surface area contributed by atoms with Crippen LogP contribution in [0, 0.1) is 0 Å². The van der Waals surface area contributed by atoms with Crippen molar-refractivity contribution in [2.24, 2.45) is 0 Å². The molecule has 0 spiro atoms. The monoisotopic (exact) mass is 586 g/mol. The third-order valence-corrected chi connectivity index (χ3v) is 7.30. The summed E-state index contributed by atoms with van der Waals surface area (Å²) < 4.78 is 0. The van der Waals surface area contributed by atoms with Gasteiger partial charge in [0.2, 0.25) is 0 Å². The van der Waals surface area contributed by atoms with Crippen molar-refractivity contribution in [3.8, 4) is 0 Å². The summed E-state index contributed by atoms with van der Waals surface area (Å²) in [6.45, 7) is 4.51. The molecule has 0 saturated heterocycles. The Hall–Kier alpha value is -0.580. The van der Waals surface area contributed by atoms with Crippen LogP contribution in [0.1, 0.15) is 194 Å². The molecule has 5 heteroatoms. The van der Waals surface area contributed by atoms with Gasteiger partial charge in [0.1, 0.15) is 0 Å². The SMILES string of the molecule is CCCCCCCCC=CCCCCCCCC(=O)O.CCCCCCCCC=CCCCCCCCC(=O)[O-].[Na+]. The van der Waals surface area contributed by atoms with Gasteiger partial charge < -0.3 is 15.0 Å². The molecular weight excluding hydrogens is 519 g/mol. The topological polar surface area (TPSA) is 77.4 Å². The first-order valence-electron chi connectivity index (χ1n) is 17.3. The summed E-state index contributed by atoms with van der Waals surface area (Å²) in [5.74, 6) is -1.58. The number of unbranched alkanes of at least 4 members (excludes halogenated alkanes) is 22. The first-order valence-corrected chi connectivity index (χ1v) is 17.3. The zero-order valence-electron chi connectivity index (χ0n) is 27.8. The summed E-state index contributed by atoms with van der Waals surface area (Å²) in [6, 6.07) is 0. The summed E-state index contributed by atoms with van der Waals surface area (Å²) >= 11 is 0. The predicted molar refractivity (Wildman–Crippen MR) is 172 cm³/mol. The molecule has 0 aliphatic heterocycles. The standard InChI is InChI=1S/2C18H34O2.Na/c2*1-2-3-4-5-6-7-8-9-10-11-12-13-14-15-16-17-18(19)20;/h2*9-10H,2-8,11-17H2,1H3,(H,19,20);/q;;+1/p-1. The minimum Gasteiger partial charge on any atom is -0.550 e. The van der Waals surface area contributed by atoms with E-state index in [-0.39, 0.29) is 36.0 Å². The van der Waals surface area contributed by atoms with Crippen molar-refractivity contribution in [2.75, 3.05) is 0 Å². The molecular formula is C36H67NaO4. The van der Waals surface area contributed by atoms with Gasteiger partial charge in [-0.05, 0) is 70.6 Å². The average molecular weight is 587 g/mol. The van der Waals surface area contributed by atoms with E-state index < -0.39 is 11.9 Å². The van der Waals surface area contributed by atoms with Gasteiger partial charge in [0.25, 0.3) is 0 Å². The van der Waals surface area contributed by atoms with Crippen LogP contribution in [0.25, 0.3) is 0 Å². The van der Waals surface area contributed by atoms with Crippen LogP contribution in [0.15, 0.2) is 24.3 Å². The second-order valence-electron chi connectivity index (χ2n) is 11.4. The van der Waals surface area contributed by atoms with E-state index in [1.54, 1.807) is 0 Å². The van der Waals surface area contributed by atoms with E-state index in [2.05, 4.69) is 38.2 Å². The third kappa shape index (κ3) is 49.4. The van der Waals surface area contributed by atoms with Gasteiger partial charge >= 0.3 is 35.5 Å². The molecule has 0 radical (unpaired) electrons. The molecule has 0 rings (SSSR count). The summed E-state index contributed by atoms with van der Waals surface area (Å²) in [6.07, 6.45) is 42.1. The number of rotatable bonds is 30. The van der Waals surface area contributed by atoms with Crippen LogP contribution in [0.4, 0.5) is 0 Å². The van der Waals surface area contributed by atoms with Crippen molar-refractivity contribution in [3.05, 3.63) is 24.3 Å². The first kappa shape index (κ1) is 44.9. The largest absolute Gasteiger partial charge is 1.00 e. The minimum absolute atomic E-state index is 0. The summed E-state index contributed by atoms with van der Waals surface area (Å²) in [7, 11) is 0. The van der Waals surface area contributed by atoms with Crippen LogP contribution < -0.4 is 34.7 Å². The van der Waals surface area contributed by atoms with Crippen LogP contribution in [0.2, 0.25) is 0 Å². The molecule has 41 heavy (non-hydrogen) atoms. The molecule has 0 heterocycles. The number of hydrogen-bond acceptors (Lipinski definition) is 3. The van der Waals surface area contributed by atoms with Gasteiger partial charge in [-0.2, -0.15) is 0 Å². The Morgan fingerprint density at radius 1 is 0.463 bits per heavy atom. The molecule has 1 N–H and O–H groups in total. The van der Waals surface area contributed by atoms with Gasteiger partial charge in [0.15, 0.2) is 0 Å². The third-order valence-electron chi connectivity index (χ3n) is 7.30. The minimum atomic E-state index is -0.914. The molecule has 0 aliphatic carbocycles. The van der Waals surface area contributed by atoms with Crippen LogP contribution in [-0.2, 0) is 9.59 Å². The second-order valence-corrected chi connectivity index (χ2v) is 11.4. The van der Waals surface area contributed by atoms with Crippen molar-refractivity contribution < 1.29 is 49.4 Å². The first-order chi connectivity index (χ1) is 19.5. The van der Waals surface area contributed by atoms with Crippen molar-refractivity contribution >= 4 is 11.9 Å². The van der Waals surface area contributed by atoms with E-state index in [1.807, 2.05) is 0 Å². The van der Waals surface area contributed by atoms with Gasteiger partial charge in [-0.25, -0.2) is 0 Å². The Morgan fingerprint density at radius 2 is 0.732 bits per heavy atom. The molecule has 0 bridgehead atoms. The van der Waals surface area contributed by atoms with Crippen molar-refractivity contribution in [1.29, 1.82) is 0 Å². The maximum Gasteiger partial charge on any atom is 1.00 e. The molecule has 236 valence electrons. The number of allylic oxidation sites excluding steroid dienone is 4. The number of carbonyl (C=O) groups excluding carboxylic acids is 1. The Labute approximate surface area is 277 Å². The molecule has 0 aromatic carbocycles. The maximum atomic E-state index is 10.3. The van der Waals surface area contributed by atoms with Crippen LogP contribution in [0.5, 0.6) is 0 Å². The van der Waals surface area contributed by atoms with E-state index in [4.69, 9.17) is 5.11 Å². The van der Waals surface area contributed by atoms with Gasteiger partial charge in [0, 0.05) is 12.4 Å². The van der Waals surface area contributed by atoms with E-state index in [1.165, 1.54) is 135 Å². The number of carboxylic acids is 2. The molecule has 0 fully saturated rings. The van der Waals surface area contributed by atoms with Crippen LogP contribution >= 0.6 is 0 Å². The molecule has 0 atom stereocenters. The number of carbonyl (C=O) groups is 2. The molecule has 0 aliphatic rings. The quantitative estimate of drug-likeness (QED) is 0.0527. The van der Waals surface area contributed by atoms with Gasteiger partial charge in [-0.15, -0.1) is 0 Å². The summed E-state index contributed by atoms with van der Waals surface area (Å²) in [4.78, 5) is 20.5. The van der Waals surface area contributed by atoms with E-state index in [0.717, 1.165) is 32.1 Å². The van der Waals surface area contributed by atoms with Gasteiger partial charge in [-0.1, -0.05) is 141 Å². The fourth-order valence-electron chi connectivity index (χ4n) is 4.69. The van der Waals surface area contributed by atoms with Crippen LogP contribution in [-0.4, -0.2) is 17.0 Å². The zero-order valence-corrected chi connectivity index (χ0v) is 29.8. The van der Waals surface area contributed by atoms with Gasteiger partial charge in [-0.3, -0.25) is 4.79 Å². The molecule has 4 nitrogen and oxygen atoms in total. The summed E-state index contributed by atoms with van der Waals surface area (Å²) in [5.41, 5.74) is 0. The average Bonchev–Trinajstić information content (AvgIpc) is 2.93. The predicted octanol–water partition coefficient (Wildman–Crippen LogP) is 7.89. The maximum absolute atomic E-state index is 10.3. The van der Waals surface area contributed by atoms with Crippen LogP contribution in [0.3, 0.4) is 0 Å².